The number of hydrogen-bond donors (Lipinski definition) is 0. The lowest BCUT2D eigenvalue weighted by molar-refractivity contribution is -0.146. The van der Waals surface area contributed by atoms with Gasteiger partial charge in [0.05, 0.1) is 13.0 Å². The third-order valence-electron chi connectivity index (χ3n) is 4.31. The van der Waals surface area contributed by atoms with Crippen molar-refractivity contribution < 1.29 is 9.53 Å². The second-order valence-corrected chi connectivity index (χ2v) is 5.69. The lowest BCUT2D eigenvalue weighted by Crippen LogP contribution is -2.52. The van der Waals surface area contributed by atoms with Crippen molar-refractivity contribution in [2.24, 2.45) is 0 Å². The summed E-state index contributed by atoms with van der Waals surface area (Å²) in [6, 6.07) is 0.541. The third kappa shape index (κ3) is 3.93. The Morgan fingerprint density at radius 2 is 1.95 bits per heavy atom. The molecule has 1 unspecified atom stereocenters. The summed E-state index contributed by atoms with van der Waals surface area (Å²) in [6.07, 6.45) is 1.58. The Hall–Kier alpha value is -0.610. The number of ether oxygens (including phenoxy) is 1. The van der Waals surface area contributed by atoms with Gasteiger partial charge in [-0.05, 0) is 40.3 Å². The van der Waals surface area contributed by atoms with Crippen LogP contribution in [-0.4, -0.2) is 60.1 Å². The van der Waals surface area contributed by atoms with Crippen molar-refractivity contribution in [1.29, 1.82) is 0 Å². The SMILES string of the molecule is CCOC(=O)CC1(N(CC)CC)CCN(C(C)C)C1. The molecule has 1 heterocycles. The second-order valence-electron chi connectivity index (χ2n) is 5.69. The standard InChI is InChI=1S/C15H30N2O2/c1-6-17(7-2)15(11-14(18)19-8-3)9-10-16(12-15)13(4)5/h13H,6-12H2,1-5H3. The predicted octanol–water partition coefficient (Wildman–Crippen LogP) is 2.13. The molecule has 0 bridgehead atoms. The first kappa shape index (κ1) is 16.4. The lowest BCUT2D eigenvalue weighted by Gasteiger charge is -2.40. The van der Waals surface area contributed by atoms with Gasteiger partial charge in [0.15, 0.2) is 0 Å². The van der Waals surface area contributed by atoms with E-state index in [4.69, 9.17) is 4.74 Å². The fourth-order valence-electron chi connectivity index (χ4n) is 3.22. The molecule has 1 aliphatic heterocycles. The van der Waals surface area contributed by atoms with Gasteiger partial charge in [-0.1, -0.05) is 13.8 Å². The van der Waals surface area contributed by atoms with Gasteiger partial charge in [-0.3, -0.25) is 14.6 Å². The molecule has 0 aromatic rings. The highest BCUT2D eigenvalue weighted by Crippen LogP contribution is 2.32. The fraction of sp³-hybridized carbons (Fsp3) is 0.933. The number of rotatable bonds is 7. The van der Waals surface area contributed by atoms with Gasteiger partial charge in [-0.2, -0.15) is 0 Å². The Morgan fingerprint density at radius 1 is 1.32 bits per heavy atom. The molecule has 112 valence electrons. The zero-order valence-electron chi connectivity index (χ0n) is 13.2. The van der Waals surface area contributed by atoms with Crippen LogP contribution in [0.15, 0.2) is 0 Å². The van der Waals surface area contributed by atoms with Crippen molar-refractivity contribution in [2.75, 3.05) is 32.8 Å². The summed E-state index contributed by atoms with van der Waals surface area (Å²) >= 11 is 0. The topological polar surface area (TPSA) is 32.8 Å². The van der Waals surface area contributed by atoms with E-state index in [0.717, 1.165) is 32.6 Å². The highest BCUT2D eigenvalue weighted by molar-refractivity contribution is 5.71. The lowest BCUT2D eigenvalue weighted by atomic mass is 9.91. The molecule has 1 atom stereocenters. The number of hydrogen-bond acceptors (Lipinski definition) is 4. The molecule has 1 fully saturated rings. The fourth-order valence-corrected chi connectivity index (χ4v) is 3.22. The third-order valence-corrected chi connectivity index (χ3v) is 4.31. The van der Waals surface area contributed by atoms with Crippen molar-refractivity contribution in [3.63, 3.8) is 0 Å². The predicted molar refractivity (Wildman–Crippen MR) is 78.2 cm³/mol. The molecular formula is C15H30N2O2. The van der Waals surface area contributed by atoms with E-state index in [1.54, 1.807) is 0 Å². The highest BCUT2D eigenvalue weighted by Gasteiger charge is 2.44. The van der Waals surface area contributed by atoms with Gasteiger partial charge in [-0.25, -0.2) is 0 Å². The smallest absolute Gasteiger partial charge is 0.307 e. The average Bonchev–Trinajstić information content (AvgIpc) is 2.76. The van der Waals surface area contributed by atoms with Crippen molar-refractivity contribution in [3.05, 3.63) is 0 Å². The molecule has 0 radical (unpaired) electrons. The highest BCUT2D eigenvalue weighted by atomic mass is 16.5. The monoisotopic (exact) mass is 270 g/mol. The summed E-state index contributed by atoms with van der Waals surface area (Å²) in [6.45, 7) is 15.2. The van der Waals surface area contributed by atoms with E-state index in [0.29, 0.717) is 19.1 Å². The molecule has 0 aliphatic carbocycles. The number of nitrogens with zero attached hydrogens (tertiary/aromatic N) is 2. The zero-order valence-corrected chi connectivity index (χ0v) is 13.2. The molecule has 0 amide bonds. The van der Waals surface area contributed by atoms with Crippen LogP contribution in [0.4, 0.5) is 0 Å². The molecule has 0 spiro atoms. The Morgan fingerprint density at radius 3 is 2.37 bits per heavy atom. The molecule has 0 saturated carbocycles. The van der Waals surface area contributed by atoms with Crippen LogP contribution in [0.1, 0.15) is 47.5 Å². The first-order chi connectivity index (χ1) is 8.99. The van der Waals surface area contributed by atoms with Crippen molar-refractivity contribution in [1.82, 2.24) is 9.80 Å². The maximum absolute atomic E-state index is 11.9. The van der Waals surface area contributed by atoms with Crippen LogP contribution >= 0.6 is 0 Å². The van der Waals surface area contributed by atoms with Crippen LogP contribution in [0.25, 0.3) is 0 Å². The van der Waals surface area contributed by atoms with E-state index in [9.17, 15) is 4.79 Å². The van der Waals surface area contributed by atoms with E-state index in [1.807, 2.05) is 6.92 Å². The Kier molecular flexibility index (Phi) is 6.27. The molecule has 1 rings (SSSR count). The molecule has 19 heavy (non-hydrogen) atoms. The van der Waals surface area contributed by atoms with Gasteiger partial charge >= 0.3 is 5.97 Å². The minimum atomic E-state index is -0.0555. The van der Waals surface area contributed by atoms with Gasteiger partial charge in [0.1, 0.15) is 0 Å². The Bertz CT molecular complexity index is 290. The minimum absolute atomic E-state index is 0.0278. The van der Waals surface area contributed by atoms with E-state index in [2.05, 4.69) is 37.5 Å². The number of esters is 1. The summed E-state index contributed by atoms with van der Waals surface area (Å²) in [5.74, 6) is -0.0555. The van der Waals surface area contributed by atoms with Gasteiger partial charge < -0.3 is 4.74 Å². The quantitative estimate of drug-likeness (QED) is 0.664. The van der Waals surface area contributed by atoms with E-state index in [1.165, 1.54) is 0 Å². The second kappa shape index (κ2) is 7.25. The van der Waals surface area contributed by atoms with Crippen LogP contribution in [0.5, 0.6) is 0 Å². The summed E-state index contributed by atoms with van der Waals surface area (Å²) in [5.41, 5.74) is -0.0278. The van der Waals surface area contributed by atoms with Gasteiger partial charge in [0.2, 0.25) is 0 Å². The van der Waals surface area contributed by atoms with Crippen molar-refractivity contribution in [3.8, 4) is 0 Å². The zero-order chi connectivity index (χ0) is 14.5. The minimum Gasteiger partial charge on any atom is -0.466 e. The molecule has 1 aliphatic rings. The maximum Gasteiger partial charge on any atom is 0.307 e. The van der Waals surface area contributed by atoms with E-state index >= 15 is 0 Å². The van der Waals surface area contributed by atoms with Crippen LogP contribution < -0.4 is 0 Å². The Balaban J connectivity index is 2.83. The summed E-state index contributed by atoms with van der Waals surface area (Å²) in [5, 5.41) is 0. The number of likely N-dealkylation sites (N-methyl/N-ethyl adjacent to an activating group) is 1. The largest absolute Gasteiger partial charge is 0.466 e. The molecule has 4 nitrogen and oxygen atoms in total. The van der Waals surface area contributed by atoms with Crippen LogP contribution in [0.3, 0.4) is 0 Å². The molecular weight excluding hydrogens is 240 g/mol. The van der Waals surface area contributed by atoms with Crippen LogP contribution in [0, 0.1) is 0 Å². The first-order valence-electron chi connectivity index (χ1n) is 7.63. The molecule has 1 saturated heterocycles. The summed E-state index contributed by atoms with van der Waals surface area (Å²) in [7, 11) is 0. The average molecular weight is 270 g/mol. The van der Waals surface area contributed by atoms with Gasteiger partial charge in [0, 0.05) is 24.7 Å². The normalized spacial score (nSPS) is 24.4. The van der Waals surface area contributed by atoms with Gasteiger partial charge in [0.25, 0.3) is 0 Å². The molecule has 0 N–H and O–H groups in total. The van der Waals surface area contributed by atoms with E-state index < -0.39 is 0 Å². The van der Waals surface area contributed by atoms with E-state index in [-0.39, 0.29) is 11.5 Å². The van der Waals surface area contributed by atoms with Crippen molar-refractivity contribution >= 4 is 5.97 Å². The number of likely N-dealkylation sites (tertiary alicyclic amines) is 1. The first-order valence-corrected chi connectivity index (χ1v) is 7.63. The maximum atomic E-state index is 11.9. The van der Waals surface area contributed by atoms with Crippen molar-refractivity contribution in [2.45, 2.75) is 59.0 Å². The Labute approximate surface area is 118 Å². The number of carbonyl (C=O) groups is 1. The summed E-state index contributed by atoms with van der Waals surface area (Å²) in [4.78, 5) is 16.9. The molecule has 4 heteroatoms. The number of carbonyl (C=O) groups excluding carboxylic acids is 1. The van der Waals surface area contributed by atoms with Crippen LogP contribution in [-0.2, 0) is 9.53 Å². The summed E-state index contributed by atoms with van der Waals surface area (Å²) < 4.78 is 5.18. The molecule has 0 aromatic carbocycles. The van der Waals surface area contributed by atoms with Gasteiger partial charge in [-0.15, -0.1) is 0 Å². The van der Waals surface area contributed by atoms with Crippen LogP contribution in [0.2, 0.25) is 0 Å². The molecule has 0 aromatic heterocycles.